The number of hydrogen-bond donors (Lipinski definition) is 0. The van der Waals surface area contributed by atoms with Crippen molar-refractivity contribution in [1.29, 1.82) is 0 Å². The second-order valence-electron chi connectivity index (χ2n) is 8.60. The predicted molar refractivity (Wildman–Crippen MR) is 92.9 cm³/mol. The molecule has 1 aromatic carbocycles. The normalized spacial score (nSPS) is 20.8. The van der Waals surface area contributed by atoms with Crippen LogP contribution in [0.25, 0.3) is 0 Å². The Hall–Kier alpha value is -0.900. The maximum Gasteiger partial charge on any atom is 0.102 e. The maximum absolute atomic E-state index is 6.15. The summed E-state index contributed by atoms with van der Waals surface area (Å²) in [6, 6.07) is 11.0. The van der Waals surface area contributed by atoms with Crippen LogP contribution in [0, 0.1) is 0 Å². The number of likely N-dealkylation sites (tertiary alicyclic amines) is 1. The SMILES string of the molecule is C[N+](C)(C)CCOCC1(c2ccccc2)CC[N+](C)(C)CC1. The minimum Gasteiger partial charge on any atom is -0.375 e. The lowest BCUT2D eigenvalue weighted by molar-refractivity contribution is -0.896. The molecular weight excluding hydrogens is 272 g/mol. The summed E-state index contributed by atoms with van der Waals surface area (Å²) < 4.78 is 8.25. The maximum atomic E-state index is 6.15. The molecule has 22 heavy (non-hydrogen) atoms. The van der Waals surface area contributed by atoms with E-state index < -0.39 is 0 Å². The zero-order valence-corrected chi connectivity index (χ0v) is 15.1. The Labute approximate surface area is 136 Å². The van der Waals surface area contributed by atoms with Gasteiger partial charge in [-0.15, -0.1) is 0 Å². The van der Waals surface area contributed by atoms with Crippen LogP contribution >= 0.6 is 0 Å². The molecule has 2 rings (SSSR count). The largest absolute Gasteiger partial charge is 0.375 e. The third kappa shape index (κ3) is 4.80. The van der Waals surface area contributed by atoms with Crippen LogP contribution in [0.5, 0.6) is 0 Å². The summed E-state index contributed by atoms with van der Waals surface area (Å²) in [4.78, 5) is 0. The highest BCUT2D eigenvalue weighted by Crippen LogP contribution is 2.37. The molecule has 1 aliphatic heterocycles. The van der Waals surface area contributed by atoms with Crippen LogP contribution in [-0.4, -0.2) is 77.1 Å². The Balaban J connectivity index is 2.04. The number of ether oxygens (including phenoxy) is 1. The number of rotatable bonds is 6. The standard InChI is InChI=1S/C19H34N2O/c1-20(2,3)15-16-22-17-19(18-9-7-6-8-10-18)11-13-21(4,5)14-12-19/h6-10H,11-17H2,1-5H3/q+2. The molecule has 1 saturated heterocycles. The number of hydrogen-bond acceptors (Lipinski definition) is 1. The zero-order chi connectivity index (χ0) is 16.3. The summed E-state index contributed by atoms with van der Waals surface area (Å²) in [5.74, 6) is 0. The van der Waals surface area contributed by atoms with E-state index in [4.69, 9.17) is 4.74 Å². The number of benzene rings is 1. The monoisotopic (exact) mass is 306 g/mol. The van der Waals surface area contributed by atoms with Crippen LogP contribution in [0.3, 0.4) is 0 Å². The number of piperidine rings is 1. The van der Waals surface area contributed by atoms with Crippen LogP contribution in [0.4, 0.5) is 0 Å². The number of likely N-dealkylation sites (N-methyl/N-ethyl adjacent to an activating group) is 1. The van der Waals surface area contributed by atoms with Crippen LogP contribution in [-0.2, 0) is 10.2 Å². The van der Waals surface area contributed by atoms with Crippen molar-refractivity contribution in [2.75, 3.05) is 68.1 Å². The summed E-state index contributed by atoms with van der Waals surface area (Å²) in [7, 11) is 11.3. The summed E-state index contributed by atoms with van der Waals surface area (Å²) >= 11 is 0. The van der Waals surface area contributed by atoms with Gasteiger partial charge in [-0.3, -0.25) is 0 Å². The van der Waals surface area contributed by atoms with Gasteiger partial charge in [0.15, 0.2) is 0 Å². The second kappa shape index (κ2) is 6.69. The van der Waals surface area contributed by atoms with E-state index in [9.17, 15) is 0 Å². The molecule has 0 bridgehead atoms. The molecular formula is C19H34N2O+2. The molecule has 0 aromatic heterocycles. The van der Waals surface area contributed by atoms with E-state index in [1.807, 2.05) is 0 Å². The molecule has 0 amide bonds. The van der Waals surface area contributed by atoms with Gasteiger partial charge in [0.1, 0.15) is 6.54 Å². The van der Waals surface area contributed by atoms with Crippen molar-refractivity contribution in [3.05, 3.63) is 35.9 Å². The molecule has 3 heteroatoms. The molecule has 1 heterocycles. The van der Waals surface area contributed by atoms with Crippen molar-refractivity contribution >= 4 is 0 Å². The van der Waals surface area contributed by atoms with Gasteiger partial charge >= 0.3 is 0 Å². The lowest BCUT2D eigenvalue weighted by Gasteiger charge is -2.44. The molecule has 1 aliphatic rings. The van der Waals surface area contributed by atoms with Crippen molar-refractivity contribution in [1.82, 2.24) is 0 Å². The van der Waals surface area contributed by atoms with Crippen molar-refractivity contribution in [2.24, 2.45) is 0 Å². The highest BCUT2D eigenvalue weighted by molar-refractivity contribution is 5.26. The minimum absolute atomic E-state index is 0.208. The van der Waals surface area contributed by atoms with E-state index in [1.54, 1.807) is 0 Å². The van der Waals surface area contributed by atoms with Crippen LogP contribution in [0.1, 0.15) is 18.4 Å². The van der Waals surface area contributed by atoms with Crippen molar-refractivity contribution in [3.8, 4) is 0 Å². The van der Waals surface area contributed by atoms with Gasteiger partial charge in [-0.25, -0.2) is 0 Å². The van der Waals surface area contributed by atoms with E-state index in [1.165, 1.54) is 31.5 Å². The van der Waals surface area contributed by atoms with E-state index >= 15 is 0 Å². The first-order valence-electron chi connectivity index (χ1n) is 8.48. The highest BCUT2D eigenvalue weighted by Gasteiger charge is 2.40. The molecule has 124 valence electrons. The fraction of sp³-hybridized carbons (Fsp3) is 0.684. The van der Waals surface area contributed by atoms with Gasteiger partial charge in [-0.05, 0) is 5.56 Å². The van der Waals surface area contributed by atoms with Crippen molar-refractivity contribution in [3.63, 3.8) is 0 Å². The quantitative estimate of drug-likeness (QED) is 0.580. The Morgan fingerprint density at radius 3 is 2.18 bits per heavy atom. The van der Waals surface area contributed by atoms with Crippen LogP contribution in [0.2, 0.25) is 0 Å². The Kier molecular flexibility index (Phi) is 5.31. The number of nitrogens with zero attached hydrogens (tertiary/aromatic N) is 2. The first-order chi connectivity index (χ1) is 10.2. The fourth-order valence-corrected chi connectivity index (χ4v) is 3.18. The van der Waals surface area contributed by atoms with E-state index in [-0.39, 0.29) is 5.41 Å². The Bertz CT molecular complexity index is 452. The van der Waals surface area contributed by atoms with E-state index in [2.05, 4.69) is 65.6 Å². The van der Waals surface area contributed by atoms with E-state index in [0.717, 1.165) is 28.7 Å². The van der Waals surface area contributed by atoms with Gasteiger partial charge in [0.2, 0.25) is 0 Å². The lowest BCUT2D eigenvalue weighted by atomic mass is 9.73. The molecule has 0 unspecified atom stereocenters. The molecule has 0 spiro atoms. The first kappa shape index (κ1) is 17.5. The van der Waals surface area contributed by atoms with Gasteiger partial charge in [-0.2, -0.15) is 0 Å². The molecule has 0 radical (unpaired) electrons. The van der Waals surface area contributed by atoms with E-state index in [0.29, 0.717) is 0 Å². The predicted octanol–water partition coefficient (Wildman–Crippen LogP) is 2.52. The average Bonchev–Trinajstić information content (AvgIpc) is 2.45. The Morgan fingerprint density at radius 2 is 1.64 bits per heavy atom. The molecule has 3 nitrogen and oxygen atoms in total. The molecule has 0 aliphatic carbocycles. The van der Waals surface area contributed by atoms with Crippen molar-refractivity contribution in [2.45, 2.75) is 18.3 Å². The smallest absolute Gasteiger partial charge is 0.102 e. The highest BCUT2D eigenvalue weighted by atomic mass is 16.5. The fourth-order valence-electron chi connectivity index (χ4n) is 3.18. The lowest BCUT2D eigenvalue weighted by Crippen LogP contribution is -2.52. The first-order valence-corrected chi connectivity index (χ1v) is 8.48. The average molecular weight is 306 g/mol. The summed E-state index contributed by atoms with van der Waals surface area (Å²) in [6.45, 7) is 5.22. The third-order valence-electron chi connectivity index (χ3n) is 5.06. The van der Waals surface area contributed by atoms with Crippen molar-refractivity contribution < 1.29 is 13.7 Å². The van der Waals surface area contributed by atoms with Gasteiger partial charge in [0, 0.05) is 18.3 Å². The molecule has 0 N–H and O–H groups in total. The molecule has 1 fully saturated rings. The summed E-state index contributed by atoms with van der Waals surface area (Å²) in [5, 5.41) is 0. The van der Waals surface area contributed by atoms with Gasteiger partial charge in [0.25, 0.3) is 0 Å². The summed E-state index contributed by atoms with van der Waals surface area (Å²) in [6.07, 6.45) is 2.43. The molecule has 0 atom stereocenters. The molecule has 0 saturated carbocycles. The molecule has 1 aromatic rings. The van der Waals surface area contributed by atoms with Gasteiger partial charge in [-0.1, -0.05) is 30.3 Å². The second-order valence-corrected chi connectivity index (χ2v) is 8.60. The summed E-state index contributed by atoms with van der Waals surface area (Å²) in [5.41, 5.74) is 1.67. The van der Waals surface area contributed by atoms with Gasteiger partial charge < -0.3 is 13.7 Å². The topological polar surface area (TPSA) is 9.23 Å². The van der Waals surface area contributed by atoms with Crippen LogP contribution in [0.15, 0.2) is 30.3 Å². The van der Waals surface area contributed by atoms with Gasteiger partial charge in [0.05, 0.1) is 61.5 Å². The third-order valence-corrected chi connectivity index (χ3v) is 5.06. The van der Waals surface area contributed by atoms with Crippen LogP contribution < -0.4 is 0 Å². The Morgan fingerprint density at radius 1 is 1.05 bits per heavy atom. The minimum atomic E-state index is 0.208. The number of quaternary nitrogens is 2. The zero-order valence-electron chi connectivity index (χ0n) is 15.1.